The second-order valence-electron chi connectivity index (χ2n) is 5.23. The van der Waals surface area contributed by atoms with Gasteiger partial charge in [-0.2, -0.15) is 0 Å². The molecule has 1 aromatic heterocycles. The lowest BCUT2D eigenvalue weighted by atomic mass is 9.93. The van der Waals surface area contributed by atoms with Gasteiger partial charge in [0, 0.05) is 16.2 Å². The van der Waals surface area contributed by atoms with Gasteiger partial charge in [-0.05, 0) is 56.8 Å². The summed E-state index contributed by atoms with van der Waals surface area (Å²) in [5, 5.41) is 6.39. The average molecular weight is 280 g/mol. The molecule has 3 nitrogen and oxygen atoms in total. The van der Waals surface area contributed by atoms with Crippen molar-refractivity contribution in [1.82, 2.24) is 10.6 Å². The lowest BCUT2D eigenvalue weighted by molar-refractivity contribution is -0.121. The van der Waals surface area contributed by atoms with E-state index < -0.39 is 0 Å². The van der Waals surface area contributed by atoms with E-state index in [2.05, 4.69) is 29.7 Å². The van der Waals surface area contributed by atoms with E-state index >= 15 is 0 Å². The van der Waals surface area contributed by atoms with E-state index in [1.807, 2.05) is 0 Å². The molecule has 0 unspecified atom stereocenters. The highest BCUT2D eigenvalue weighted by Gasteiger charge is 2.14. The predicted molar refractivity (Wildman–Crippen MR) is 80.4 cm³/mol. The van der Waals surface area contributed by atoms with Crippen molar-refractivity contribution >= 4 is 17.2 Å². The Morgan fingerprint density at radius 2 is 2.11 bits per heavy atom. The molecule has 0 atom stereocenters. The van der Waals surface area contributed by atoms with Gasteiger partial charge in [-0.1, -0.05) is 6.92 Å². The third-order valence-corrected chi connectivity index (χ3v) is 4.99. The Bertz CT molecular complexity index is 397. The largest absolute Gasteiger partial charge is 0.351 e. The quantitative estimate of drug-likeness (QED) is 0.841. The summed E-state index contributed by atoms with van der Waals surface area (Å²) in [6.07, 6.45) is 5.24. The molecular weight excluding hydrogens is 256 g/mol. The van der Waals surface area contributed by atoms with Crippen molar-refractivity contribution in [3.05, 3.63) is 21.9 Å². The Kier molecular flexibility index (Phi) is 5.86. The van der Waals surface area contributed by atoms with Crippen LogP contribution in [0.1, 0.15) is 42.4 Å². The van der Waals surface area contributed by atoms with E-state index in [-0.39, 0.29) is 5.91 Å². The van der Waals surface area contributed by atoms with Crippen LogP contribution in [0.2, 0.25) is 0 Å². The maximum Gasteiger partial charge on any atom is 0.220 e. The Morgan fingerprint density at radius 3 is 2.79 bits per heavy atom. The SMILES string of the molecule is CCc1ccc(CNC(=O)CCC2CCNCC2)s1. The summed E-state index contributed by atoms with van der Waals surface area (Å²) in [4.78, 5) is 14.5. The molecule has 1 fully saturated rings. The summed E-state index contributed by atoms with van der Waals surface area (Å²) in [5.74, 6) is 0.936. The first-order chi connectivity index (χ1) is 9.28. The Morgan fingerprint density at radius 1 is 1.37 bits per heavy atom. The maximum absolute atomic E-state index is 11.8. The van der Waals surface area contributed by atoms with Crippen LogP contribution >= 0.6 is 11.3 Å². The molecule has 4 heteroatoms. The molecule has 0 bridgehead atoms. The highest BCUT2D eigenvalue weighted by atomic mass is 32.1. The van der Waals surface area contributed by atoms with Gasteiger partial charge in [-0.15, -0.1) is 11.3 Å². The molecule has 19 heavy (non-hydrogen) atoms. The van der Waals surface area contributed by atoms with Crippen molar-refractivity contribution < 1.29 is 4.79 Å². The second kappa shape index (κ2) is 7.65. The molecular formula is C15H24N2OS. The third-order valence-electron chi connectivity index (χ3n) is 3.76. The smallest absolute Gasteiger partial charge is 0.220 e. The van der Waals surface area contributed by atoms with Gasteiger partial charge < -0.3 is 10.6 Å². The highest BCUT2D eigenvalue weighted by Crippen LogP contribution is 2.18. The molecule has 2 rings (SSSR count). The molecule has 0 spiro atoms. The van der Waals surface area contributed by atoms with Gasteiger partial charge in [0.2, 0.25) is 5.91 Å². The molecule has 1 aromatic rings. The van der Waals surface area contributed by atoms with Gasteiger partial charge in [-0.3, -0.25) is 4.79 Å². The summed E-state index contributed by atoms with van der Waals surface area (Å²) in [6.45, 7) is 5.07. The number of thiophene rings is 1. The van der Waals surface area contributed by atoms with Crippen LogP contribution in [0.4, 0.5) is 0 Å². The summed E-state index contributed by atoms with van der Waals surface area (Å²) >= 11 is 1.80. The predicted octanol–water partition coefficient (Wildman–Crippen LogP) is 2.71. The summed E-state index contributed by atoms with van der Waals surface area (Å²) in [6, 6.07) is 4.28. The van der Waals surface area contributed by atoms with Gasteiger partial charge in [-0.25, -0.2) is 0 Å². The fourth-order valence-electron chi connectivity index (χ4n) is 2.49. The van der Waals surface area contributed by atoms with Gasteiger partial charge in [0.15, 0.2) is 0 Å². The molecule has 1 amide bonds. The van der Waals surface area contributed by atoms with Crippen LogP contribution in [0.5, 0.6) is 0 Å². The zero-order chi connectivity index (χ0) is 13.5. The Balaban J connectivity index is 1.63. The van der Waals surface area contributed by atoms with Crippen molar-refractivity contribution in [2.45, 2.75) is 45.6 Å². The Labute approximate surface area is 119 Å². The maximum atomic E-state index is 11.8. The van der Waals surface area contributed by atoms with Gasteiger partial charge in [0.1, 0.15) is 0 Å². The molecule has 0 radical (unpaired) electrons. The number of hydrogen-bond donors (Lipinski definition) is 2. The van der Waals surface area contributed by atoms with E-state index in [0.29, 0.717) is 13.0 Å². The van der Waals surface area contributed by atoms with Gasteiger partial charge in [0.25, 0.3) is 0 Å². The zero-order valence-electron chi connectivity index (χ0n) is 11.7. The van der Waals surface area contributed by atoms with Crippen molar-refractivity contribution in [3.8, 4) is 0 Å². The molecule has 1 aliphatic rings. The number of amides is 1. The molecule has 106 valence electrons. The second-order valence-corrected chi connectivity index (χ2v) is 6.48. The van der Waals surface area contributed by atoms with Crippen LogP contribution in [0.3, 0.4) is 0 Å². The number of piperidine rings is 1. The summed E-state index contributed by atoms with van der Waals surface area (Å²) in [7, 11) is 0. The minimum absolute atomic E-state index is 0.199. The van der Waals surface area contributed by atoms with Gasteiger partial charge in [0.05, 0.1) is 6.54 Å². The van der Waals surface area contributed by atoms with Crippen molar-refractivity contribution in [1.29, 1.82) is 0 Å². The number of nitrogens with one attached hydrogen (secondary N) is 2. The minimum atomic E-state index is 0.199. The molecule has 0 saturated carbocycles. The Hall–Kier alpha value is -0.870. The van der Waals surface area contributed by atoms with Crippen LogP contribution in [0, 0.1) is 5.92 Å². The molecule has 0 aliphatic carbocycles. The fourth-order valence-corrected chi connectivity index (χ4v) is 3.38. The van der Waals surface area contributed by atoms with E-state index in [1.165, 1.54) is 22.6 Å². The summed E-state index contributed by atoms with van der Waals surface area (Å²) in [5.41, 5.74) is 0. The normalized spacial score (nSPS) is 16.5. The number of rotatable bonds is 6. The first-order valence-corrected chi connectivity index (χ1v) is 8.14. The van der Waals surface area contributed by atoms with Crippen molar-refractivity contribution in [2.24, 2.45) is 5.92 Å². The number of aryl methyl sites for hydroxylation is 1. The number of carbonyl (C=O) groups excluding carboxylic acids is 1. The van der Waals surface area contributed by atoms with Crippen LogP contribution in [0.15, 0.2) is 12.1 Å². The lowest BCUT2D eigenvalue weighted by Gasteiger charge is -2.22. The zero-order valence-corrected chi connectivity index (χ0v) is 12.5. The van der Waals surface area contributed by atoms with Crippen LogP contribution in [-0.2, 0) is 17.8 Å². The average Bonchev–Trinajstić information content (AvgIpc) is 2.92. The highest BCUT2D eigenvalue weighted by molar-refractivity contribution is 7.11. The third kappa shape index (κ3) is 4.96. The van der Waals surface area contributed by atoms with Gasteiger partial charge >= 0.3 is 0 Å². The topological polar surface area (TPSA) is 41.1 Å². The van der Waals surface area contributed by atoms with Crippen molar-refractivity contribution in [3.63, 3.8) is 0 Å². The molecule has 0 aromatic carbocycles. The summed E-state index contributed by atoms with van der Waals surface area (Å²) < 4.78 is 0. The van der Waals surface area contributed by atoms with E-state index in [0.717, 1.165) is 31.8 Å². The standard InChI is InChI=1S/C15H24N2OS/c1-2-13-4-5-14(19-13)11-17-15(18)6-3-12-7-9-16-10-8-12/h4-5,12,16H,2-3,6-11H2,1H3,(H,17,18). The van der Waals surface area contributed by atoms with Crippen LogP contribution < -0.4 is 10.6 Å². The van der Waals surface area contributed by atoms with Crippen LogP contribution in [0.25, 0.3) is 0 Å². The first kappa shape index (κ1) is 14.5. The first-order valence-electron chi connectivity index (χ1n) is 7.33. The molecule has 2 N–H and O–H groups in total. The van der Waals surface area contributed by atoms with Crippen molar-refractivity contribution in [2.75, 3.05) is 13.1 Å². The molecule has 2 heterocycles. The van der Waals surface area contributed by atoms with Crippen LogP contribution in [-0.4, -0.2) is 19.0 Å². The number of hydrogen-bond acceptors (Lipinski definition) is 3. The van der Waals surface area contributed by atoms with E-state index in [9.17, 15) is 4.79 Å². The minimum Gasteiger partial charge on any atom is -0.351 e. The lowest BCUT2D eigenvalue weighted by Crippen LogP contribution is -2.29. The fraction of sp³-hybridized carbons (Fsp3) is 0.667. The number of carbonyl (C=O) groups is 1. The molecule has 1 saturated heterocycles. The van der Waals surface area contributed by atoms with E-state index in [1.54, 1.807) is 11.3 Å². The van der Waals surface area contributed by atoms with E-state index in [4.69, 9.17) is 0 Å². The monoisotopic (exact) mass is 280 g/mol. The molecule has 1 aliphatic heterocycles.